The van der Waals surface area contributed by atoms with Gasteiger partial charge in [0.25, 0.3) is 0 Å². The number of piperidine rings is 1. The number of fused-ring (bicyclic) bond motifs is 3. The first-order valence-electron chi connectivity index (χ1n) is 13.0. The molecule has 5 nitrogen and oxygen atoms in total. The highest BCUT2D eigenvalue weighted by Crippen LogP contribution is 2.66. The fourth-order valence-electron chi connectivity index (χ4n) is 8.53. The molecule has 0 aromatic heterocycles. The molecule has 5 heteroatoms. The van der Waals surface area contributed by atoms with Gasteiger partial charge in [0.1, 0.15) is 12.2 Å². The van der Waals surface area contributed by atoms with Crippen molar-refractivity contribution in [2.75, 3.05) is 26.2 Å². The Bertz CT molecular complexity index is 718. The lowest BCUT2D eigenvalue weighted by atomic mass is 9.44. The Labute approximate surface area is 187 Å². The smallest absolute Gasteiger partial charge is 0.312 e. The fourth-order valence-corrected chi connectivity index (χ4v) is 8.53. The molecule has 2 saturated heterocycles. The summed E-state index contributed by atoms with van der Waals surface area (Å²) in [6.45, 7) is 8.02. The van der Waals surface area contributed by atoms with Gasteiger partial charge in [0.05, 0.1) is 11.8 Å². The summed E-state index contributed by atoms with van der Waals surface area (Å²) in [5, 5.41) is 0. The van der Waals surface area contributed by atoms with Gasteiger partial charge in [0.15, 0.2) is 0 Å². The zero-order valence-electron chi connectivity index (χ0n) is 19.6. The third-order valence-electron chi connectivity index (χ3n) is 9.95. The predicted octanol–water partition coefficient (Wildman–Crippen LogP) is 4.72. The minimum absolute atomic E-state index is 0.00703. The van der Waals surface area contributed by atoms with Crippen LogP contribution < -0.4 is 0 Å². The summed E-state index contributed by atoms with van der Waals surface area (Å²) < 4.78 is 11.7. The average Bonchev–Trinajstić information content (AvgIpc) is 2.73. The molecular weight excluding hydrogens is 390 g/mol. The molecule has 0 aromatic carbocycles. The lowest BCUT2D eigenvalue weighted by Crippen LogP contribution is -2.60. The molecule has 2 bridgehead atoms. The SMILES string of the molecule is C[C@@]12CC[C@H]3C4CCC[C@@](C)(C(=O)OCCN5CCCCC5)[C@H]4CC[C@]3(CC(=O)O1)C2. The maximum atomic E-state index is 13.4. The molecule has 3 saturated carbocycles. The van der Waals surface area contributed by atoms with E-state index in [2.05, 4.69) is 18.7 Å². The van der Waals surface area contributed by atoms with E-state index in [1.165, 1.54) is 25.7 Å². The summed E-state index contributed by atoms with van der Waals surface area (Å²) in [6.07, 6.45) is 13.0. The summed E-state index contributed by atoms with van der Waals surface area (Å²) in [5.41, 5.74) is -0.508. The van der Waals surface area contributed by atoms with Crippen molar-refractivity contribution in [3.8, 4) is 0 Å². The summed E-state index contributed by atoms with van der Waals surface area (Å²) in [7, 11) is 0. The van der Waals surface area contributed by atoms with Gasteiger partial charge in [-0.2, -0.15) is 0 Å². The molecule has 0 N–H and O–H groups in total. The van der Waals surface area contributed by atoms with Crippen LogP contribution in [0.25, 0.3) is 0 Å². The van der Waals surface area contributed by atoms with Gasteiger partial charge in [-0.15, -0.1) is 0 Å². The second-order valence-corrected chi connectivity index (χ2v) is 11.9. The second kappa shape index (κ2) is 8.04. The maximum absolute atomic E-state index is 13.4. The van der Waals surface area contributed by atoms with Gasteiger partial charge in [0.2, 0.25) is 0 Å². The van der Waals surface area contributed by atoms with Gasteiger partial charge in [-0.1, -0.05) is 12.8 Å². The number of likely N-dealkylation sites (tertiary alicyclic amines) is 1. The Hall–Kier alpha value is -1.10. The first-order valence-corrected chi connectivity index (χ1v) is 13.0. The van der Waals surface area contributed by atoms with Gasteiger partial charge in [0, 0.05) is 6.54 Å². The largest absolute Gasteiger partial charge is 0.464 e. The number of carbonyl (C=O) groups is 2. The molecule has 2 heterocycles. The van der Waals surface area contributed by atoms with Crippen LogP contribution in [0.5, 0.6) is 0 Å². The van der Waals surface area contributed by atoms with Crippen LogP contribution >= 0.6 is 0 Å². The summed E-state index contributed by atoms with van der Waals surface area (Å²) in [6, 6.07) is 0. The molecule has 5 rings (SSSR count). The number of ether oxygens (including phenoxy) is 2. The quantitative estimate of drug-likeness (QED) is 0.603. The van der Waals surface area contributed by atoms with Crippen LogP contribution in [-0.4, -0.2) is 48.7 Å². The normalized spacial score (nSPS) is 45.2. The molecule has 174 valence electrons. The van der Waals surface area contributed by atoms with E-state index in [1.54, 1.807) is 0 Å². The molecule has 0 radical (unpaired) electrons. The zero-order valence-corrected chi connectivity index (χ0v) is 19.6. The van der Waals surface area contributed by atoms with Crippen LogP contribution in [-0.2, 0) is 19.1 Å². The molecule has 0 amide bonds. The minimum Gasteiger partial charge on any atom is -0.464 e. The van der Waals surface area contributed by atoms with E-state index in [0.717, 1.165) is 64.6 Å². The van der Waals surface area contributed by atoms with Gasteiger partial charge in [-0.3, -0.25) is 14.5 Å². The van der Waals surface area contributed by atoms with Crippen LogP contribution in [0, 0.1) is 28.6 Å². The highest BCUT2D eigenvalue weighted by Gasteiger charge is 2.62. The van der Waals surface area contributed by atoms with Crippen LogP contribution in [0.2, 0.25) is 0 Å². The maximum Gasteiger partial charge on any atom is 0.312 e. The molecule has 6 atom stereocenters. The van der Waals surface area contributed by atoms with Crippen LogP contribution in [0.4, 0.5) is 0 Å². The van der Waals surface area contributed by atoms with E-state index in [4.69, 9.17) is 9.47 Å². The third kappa shape index (κ3) is 3.83. The monoisotopic (exact) mass is 431 g/mol. The molecule has 3 aliphatic carbocycles. The van der Waals surface area contributed by atoms with E-state index in [-0.39, 0.29) is 28.4 Å². The van der Waals surface area contributed by atoms with Crippen molar-refractivity contribution in [2.45, 2.75) is 96.5 Å². The number of esters is 2. The van der Waals surface area contributed by atoms with Gasteiger partial charge in [-0.25, -0.2) is 0 Å². The number of rotatable bonds is 4. The van der Waals surface area contributed by atoms with E-state index in [9.17, 15) is 9.59 Å². The fraction of sp³-hybridized carbons (Fsp3) is 0.923. The average molecular weight is 432 g/mol. The van der Waals surface area contributed by atoms with Crippen molar-refractivity contribution in [2.24, 2.45) is 28.6 Å². The molecule has 0 aromatic rings. The van der Waals surface area contributed by atoms with Crippen LogP contribution in [0.1, 0.15) is 90.9 Å². The minimum atomic E-state index is -0.359. The van der Waals surface area contributed by atoms with Gasteiger partial charge >= 0.3 is 11.9 Å². The Balaban J connectivity index is 1.27. The molecular formula is C26H41NO4. The van der Waals surface area contributed by atoms with Crippen LogP contribution in [0.15, 0.2) is 0 Å². The highest BCUT2D eigenvalue weighted by atomic mass is 16.6. The van der Waals surface area contributed by atoms with E-state index in [1.807, 2.05) is 0 Å². The Morgan fingerprint density at radius 3 is 2.61 bits per heavy atom. The molecule has 1 spiro atoms. The van der Waals surface area contributed by atoms with E-state index >= 15 is 0 Å². The second-order valence-electron chi connectivity index (χ2n) is 11.9. The molecule has 31 heavy (non-hydrogen) atoms. The Morgan fingerprint density at radius 2 is 1.81 bits per heavy atom. The highest BCUT2D eigenvalue weighted by molar-refractivity contribution is 5.77. The number of nitrogens with zero attached hydrogens (tertiary/aromatic N) is 1. The summed E-state index contributed by atoms with van der Waals surface area (Å²) in [4.78, 5) is 28.3. The molecule has 1 unspecified atom stereocenters. The topological polar surface area (TPSA) is 55.8 Å². The molecule has 5 aliphatic rings. The predicted molar refractivity (Wildman–Crippen MR) is 118 cm³/mol. The lowest BCUT2D eigenvalue weighted by molar-refractivity contribution is -0.213. The van der Waals surface area contributed by atoms with Crippen molar-refractivity contribution in [3.05, 3.63) is 0 Å². The zero-order chi connectivity index (χ0) is 21.7. The van der Waals surface area contributed by atoms with Crippen molar-refractivity contribution >= 4 is 11.9 Å². The van der Waals surface area contributed by atoms with Crippen molar-refractivity contribution in [1.29, 1.82) is 0 Å². The first-order chi connectivity index (χ1) is 14.8. The van der Waals surface area contributed by atoms with E-state index < -0.39 is 0 Å². The Kier molecular flexibility index (Phi) is 5.64. The van der Waals surface area contributed by atoms with E-state index in [0.29, 0.717) is 30.8 Å². The number of carbonyl (C=O) groups excluding carboxylic acids is 2. The third-order valence-corrected chi connectivity index (χ3v) is 9.95. The summed E-state index contributed by atoms with van der Waals surface area (Å²) >= 11 is 0. The number of hydrogen-bond acceptors (Lipinski definition) is 5. The van der Waals surface area contributed by atoms with Crippen LogP contribution in [0.3, 0.4) is 0 Å². The van der Waals surface area contributed by atoms with Gasteiger partial charge < -0.3 is 9.47 Å². The Morgan fingerprint density at radius 1 is 1.03 bits per heavy atom. The van der Waals surface area contributed by atoms with Crippen molar-refractivity contribution < 1.29 is 19.1 Å². The molecule has 2 aliphatic heterocycles. The first kappa shape index (κ1) is 21.7. The van der Waals surface area contributed by atoms with Crippen molar-refractivity contribution in [1.82, 2.24) is 4.90 Å². The molecule has 5 fully saturated rings. The van der Waals surface area contributed by atoms with Crippen molar-refractivity contribution in [3.63, 3.8) is 0 Å². The lowest BCUT2D eigenvalue weighted by Gasteiger charge is -2.62. The standard InChI is InChI=1S/C26H41NO4/c1-24-11-8-21-19-7-6-10-25(2,23(29)30-16-15-27-13-4-3-5-14-27)20(19)9-12-26(21,18-24)17-22(28)31-24/h19-21H,3-18H2,1-2H3/t19?,20-,21-,24-,25+,26-/m0/s1. The summed E-state index contributed by atoms with van der Waals surface area (Å²) in [5.74, 6) is 1.57. The van der Waals surface area contributed by atoms with Gasteiger partial charge in [-0.05, 0) is 108 Å². The number of hydrogen-bond donors (Lipinski definition) is 0.